The Morgan fingerprint density at radius 3 is 2.52 bits per heavy atom. The smallest absolute Gasteiger partial charge is 0.342 e. The van der Waals surface area contributed by atoms with Gasteiger partial charge in [-0.1, -0.05) is 25.8 Å². The van der Waals surface area contributed by atoms with Crippen LogP contribution in [-0.2, 0) is 9.53 Å². The van der Waals surface area contributed by atoms with Crippen molar-refractivity contribution in [3.63, 3.8) is 0 Å². The Kier molecular flexibility index (Phi) is 7.45. The number of carbonyl (C=O) groups excluding carboxylic acids is 3. The molecule has 27 heavy (non-hydrogen) atoms. The van der Waals surface area contributed by atoms with Gasteiger partial charge in [0.2, 0.25) is 0 Å². The Hall–Kier alpha value is -2.77. The van der Waals surface area contributed by atoms with Crippen molar-refractivity contribution in [3.8, 4) is 11.5 Å². The molecule has 0 aliphatic heterocycles. The largest absolute Gasteiger partial charge is 0.493 e. The van der Waals surface area contributed by atoms with Gasteiger partial charge in [0.15, 0.2) is 18.1 Å². The Morgan fingerprint density at radius 1 is 1.11 bits per heavy atom. The van der Waals surface area contributed by atoms with Gasteiger partial charge in [-0.2, -0.15) is 0 Å². The van der Waals surface area contributed by atoms with E-state index in [1.807, 2.05) is 0 Å². The molecule has 8 heteroatoms. The molecule has 1 saturated carbocycles. The minimum Gasteiger partial charge on any atom is -0.493 e. The summed E-state index contributed by atoms with van der Waals surface area (Å²) in [4.78, 5) is 36.0. The topological polar surface area (TPSA) is 103 Å². The van der Waals surface area contributed by atoms with Crippen LogP contribution in [0.25, 0.3) is 0 Å². The normalized spacial score (nSPS) is 18.9. The van der Waals surface area contributed by atoms with Crippen LogP contribution in [0.5, 0.6) is 11.5 Å². The molecule has 0 spiro atoms. The van der Waals surface area contributed by atoms with E-state index < -0.39 is 24.5 Å². The second-order valence-corrected chi connectivity index (χ2v) is 6.51. The Balaban J connectivity index is 1.84. The van der Waals surface area contributed by atoms with Gasteiger partial charge in [0, 0.05) is 6.04 Å². The van der Waals surface area contributed by atoms with Crippen LogP contribution >= 0.6 is 0 Å². The van der Waals surface area contributed by atoms with Gasteiger partial charge in [-0.15, -0.1) is 0 Å². The van der Waals surface area contributed by atoms with Gasteiger partial charge in [-0.3, -0.25) is 10.1 Å². The summed E-state index contributed by atoms with van der Waals surface area (Å²) in [6, 6.07) is 4.22. The first-order chi connectivity index (χ1) is 13.0. The molecule has 1 aliphatic rings. The summed E-state index contributed by atoms with van der Waals surface area (Å²) in [6.07, 6.45) is 4.17. The van der Waals surface area contributed by atoms with E-state index in [0.717, 1.165) is 25.7 Å². The first-order valence-corrected chi connectivity index (χ1v) is 8.94. The van der Waals surface area contributed by atoms with Crippen LogP contribution in [-0.4, -0.2) is 44.8 Å². The van der Waals surface area contributed by atoms with Crippen LogP contribution in [0, 0.1) is 5.92 Å². The average Bonchev–Trinajstić information content (AvgIpc) is 2.67. The third-order valence-electron chi connectivity index (χ3n) is 4.64. The summed E-state index contributed by atoms with van der Waals surface area (Å²) in [6.45, 7) is 1.50. The van der Waals surface area contributed by atoms with Crippen LogP contribution in [0.15, 0.2) is 18.2 Å². The number of hydrogen-bond acceptors (Lipinski definition) is 6. The van der Waals surface area contributed by atoms with Crippen LogP contribution in [0.1, 0.15) is 43.0 Å². The molecule has 0 saturated heterocycles. The number of imide groups is 1. The number of methoxy groups -OCH3 is 2. The molecule has 3 amide bonds. The molecule has 148 valence electrons. The van der Waals surface area contributed by atoms with E-state index in [1.165, 1.54) is 20.3 Å². The molecule has 0 bridgehead atoms. The first kappa shape index (κ1) is 20.5. The van der Waals surface area contributed by atoms with Gasteiger partial charge in [-0.25, -0.2) is 9.59 Å². The highest BCUT2D eigenvalue weighted by Gasteiger charge is 2.24. The Bertz CT molecular complexity index is 691. The minimum absolute atomic E-state index is 0.0511. The third-order valence-corrected chi connectivity index (χ3v) is 4.64. The molecule has 1 aromatic rings. The maximum Gasteiger partial charge on any atom is 0.342 e. The molecule has 1 aromatic carbocycles. The number of rotatable bonds is 6. The van der Waals surface area contributed by atoms with E-state index >= 15 is 0 Å². The van der Waals surface area contributed by atoms with Crippen molar-refractivity contribution in [2.45, 2.75) is 38.6 Å². The van der Waals surface area contributed by atoms with E-state index in [9.17, 15) is 14.4 Å². The molecule has 2 atom stereocenters. The second-order valence-electron chi connectivity index (χ2n) is 6.51. The quantitative estimate of drug-likeness (QED) is 0.736. The van der Waals surface area contributed by atoms with Crippen molar-refractivity contribution in [3.05, 3.63) is 23.8 Å². The van der Waals surface area contributed by atoms with E-state index in [-0.39, 0.29) is 17.4 Å². The Morgan fingerprint density at radius 2 is 1.85 bits per heavy atom. The second kappa shape index (κ2) is 9.80. The van der Waals surface area contributed by atoms with Gasteiger partial charge in [0.25, 0.3) is 5.91 Å². The van der Waals surface area contributed by atoms with E-state index in [2.05, 4.69) is 17.6 Å². The highest BCUT2D eigenvalue weighted by Crippen LogP contribution is 2.31. The molecule has 0 aromatic heterocycles. The summed E-state index contributed by atoms with van der Waals surface area (Å²) in [5.74, 6) is -0.488. The van der Waals surface area contributed by atoms with Crippen molar-refractivity contribution in [2.75, 3.05) is 20.8 Å². The van der Waals surface area contributed by atoms with Gasteiger partial charge in [0.05, 0.1) is 14.2 Å². The number of benzene rings is 1. The number of amides is 3. The number of ether oxygens (including phenoxy) is 3. The summed E-state index contributed by atoms with van der Waals surface area (Å²) >= 11 is 0. The van der Waals surface area contributed by atoms with Gasteiger partial charge in [0.1, 0.15) is 5.56 Å². The van der Waals surface area contributed by atoms with Crippen molar-refractivity contribution < 1.29 is 28.6 Å². The lowest BCUT2D eigenvalue weighted by molar-refractivity contribution is -0.123. The molecular weight excluding hydrogens is 352 g/mol. The lowest BCUT2D eigenvalue weighted by atomic mass is 9.86. The highest BCUT2D eigenvalue weighted by molar-refractivity contribution is 5.98. The van der Waals surface area contributed by atoms with Crippen molar-refractivity contribution in [1.82, 2.24) is 10.6 Å². The molecule has 1 fully saturated rings. The van der Waals surface area contributed by atoms with Gasteiger partial charge >= 0.3 is 12.0 Å². The van der Waals surface area contributed by atoms with Crippen LogP contribution < -0.4 is 20.1 Å². The summed E-state index contributed by atoms with van der Waals surface area (Å²) in [5.41, 5.74) is 0.130. The molecule has 0 radical (unpaired) electrons. The molecule has 2 rings (SSSR count). The lowest BCUT2D eigenvalue weighted by Crippen LogP contribution is -2.48. The molecule has 0 heterocycles. The predicted octanol–water partition coefficient (Wildman–Crippen LogP) is 2.27. The fourth-order valence-electron chi connectivity index (χ4n) is 3.15. The molecule has 2 N–H and O–H groups in total. The fourth-order valence-corrected chi connectivity index (χ4v) is 3.15. The number of esters is 1. The standard InChI is InChI=1S/C19H26N2O6/c1-12-7-4-5-9-14(12)20-19(24)21-16(22)11-27-18(23)13-8-6-10-15(25-2)17(13)26-3/h6,8,10,12,14H,4-5,7,9,11H2,1-3H3,(H2,20,21,22,24)/t12-,14+/m0/s1. The summed E-state index contributed by atoms with van der Waals surface area (Å²) in [7, 11) is 2.85. The third kappa shape index (κ3) is 5.60. The highest BCUT2D eigenvalue weighted by atomic mass is 16.5. The minimum atomic E-state index is -0.748. The zero-order chi connectivity index (χ0) is 19.8. The van der Waals surface area contributed by atoms with Crippen LogP contribution in [0.2, 0.25) is 0 Å². The molecular formula is C19H26N2O6. The van der Waals surface area contributed by atoms with Crippen LogP contribution in [0.3, 0.4) is 0 Å². The van der Waals surface area contributed by atoms with Crippen molar-refractivity contribution in [1.29, 1.82) is 0 Å². The summed E-state index contributed by atoms with van der Waals surface area (Å²) < 4.78 is 15.3. The zero-order valence-corrected chi connectivity index (χ0v) is 15.9. The first-order valence-electron chi connectivity index (χ1n) is 8.94. The number of carbonyl (C=O) groups is 3. The SMILES string of the molecule is COc1cccc(C(=O)OCC(=O)NC(=O)N[C@@H]2CCCC[C@@H]2C)c1OC. The van der Waals surface area contributed by atoms with Gasteiger partial charge in [-0.05, 0) is 30.9 Å². The molecule has 0 unspecified atom stereocenters. The zero-order valence-electron chi connectivity index (χ0n) is 15.9. The van der Waals surface area contributed by atoms with Crippen molar-refractivity contribution >= 4 is 17.9 Å². The predicted molar refractivity (Wildman–Crippen MR) is 97.9 cm³/mol. The number of nitrogens with one attached hydrogen (secondary N) is 2. The average molecular weight is 378 g/mol. The maximum atomic E-state index is 12.2. The molecule has 1 aliphatic carbocycles. The maximum absolute atomic E-state index is 12.2. The number of para-hydroxylation sites is 1. The van der Waals surface area contributed by atoms with E-state index in [0.29, 0.717) is 11.7 Å². The van der Waals surface area contributed by atoms with Crippen molar-refractivity contribution in [2.24, 2.45) is 5.92 Å². The fraction of sp³-hybridized carbons (Fsp3) is 0.526. The van der Waals surface area contributed by atoms with E-state index in [4.69, 9.17) is 14.2 Å². The number of hydrogen-bond donors (Lipinski definition) is 2. The van der Waals surface area contributed by atoms with E-state index in [1.54, 1.807) is 12.1 Å². The molecule has 8 nitrogen and oxygen atoms in total. The monoisotopic (exact) mass is 378 g/mol. The van der Waals surface area contributed by atoms with Crippen LogP contribution in [0.4, 0.5) is 4.79 Å². The summed E-state index contributed by atoms with van der Waals surface area (Å²) in [5, 5.41) is 4.99. The lowest BCUT2D eigenvalue weighted by Gasteiger charge is -2.29. The number of urea groups is 1. The van der Waals surface area contributed by atoms with Gasteiger partial charge < -0.3 is 19.5 Å². The Labute approximate surface area is 158 Å².